The molecule has 1 N–H and O–H groups in total. The number of carbonyl (C=O) groups is 1. The van der Waals surface area contributed by atoms with Crippen LogP contribution in [0.5, 0.6) is 0 Å². The van der Waals surface area contributed by atoms with Crippen LogP contribution in [-0.4, -0.2) is 25.7 Å². The first-order valence-corrected chi connectivity index (χ1v) is 8.53. The Labute approximate surface area is 136 Å². The van der Waals surface area contributed by atoms with E-state index in [-0.39, 0.29) is 17.3 Å². The molecular weight excluding hydrogens is 316 g/mol. The fraction of sp³-hybridized carbons (Fsp3) is 0.312. The Morgan fingerprint density at radius 2 is 1.96 bits per heavy atom. The molecule has 0 spiro atoms. The molecule has 0 saturated heterocycles. The van der Waals surface area contributed by atoms with Gasteiger partial charge in [0.05, 0.1) is 11.2 Å². The topological polar surface area (TPSA) is 79.6 Å². The summed E-state index contributed by atoms with van der Waals surface area (Å²) in [7, 11) is -2.16. The van der Waals surface area contributed by atoms with Crippen molar-refractivity contribution >= 4 is 21.6 Å². The van der Waals surface area contributed by atoms with Crippen molar-refractivity contribution in [2.75, 3.05) is 12.4 Å². The van der Waals surface area contributed by atoms with Gasteiger partial charge in [-0.05, 0) is 37.6 Å². The lowest BCUT2D eigenvalue weighted by molar-refractivity contribution is -0.114. The summed E-state index contributed by atoms with van der Waals surface area (Å²) in [5, 5.41) is 2.60. The van der Waals surface area contributed by atoms with E-state index in [1.54, 1.807) is 32.0 Å². The Bertz CT molecular complexity index is 824. The third kappa shape index (κ3) is 3.80. The second kappa shape index (κ2) is 6.55. The second-order valence-corrected chi connectivity index (χ2v) is 7.44. The summed E-state index contributed by atoms with van der Waals surface area (Å²) in [5.41, 5.74) is 1.89. The summed E-state index contributed by atoms with van der Waals surface area (Å²) in [5.74, 6) is 0.440. The van der Waals surface area contributed by atoms with Crippen molar-refractivity contribution in [1.29, 1.82) is 0 Å². The van der Waals surface area contributed by atoms with Crippen molar-refractivity contribution in [2.24, 2.45) is 0 Å². The smallest absolute Gasteiger partial charge is 0.243 e. The molecule has 0 radical (unpaired) electrons. The van der Waals surface area contributed by atoms with Gasteiger partial charge in [-0.15, -0.1) is 0 Å². The van der Waals surface area contributed by atoms with Crippen LogP contribution in [0.3, 0.4) is 0 Å². The van der Waals surface area contributed by atoms with Crippen LogP contribution in [0.15, 0.2) is 39.8 Å². The molecule has 0 fully saturated rings. The van der Waals surface area contributed by atoms with Crippen molar-refractivity contribution in [3.8, 4) is 0 Å². The van der Waals surface area contributed by atoms with Gasteiger partial charge in [-0.3, -0.25) is 4.79 Å². The van der Waals surface area contributed by atoms with E-state index in [1.807, 2.05) is 0 Å². The lowest BCUT2D eigenvalue weighted by Crippen LogP contribution is -2.27. The average Bonchev–Trinajstić information content (AvgIpc) is 2.85. The minimum absolute atomic E-state index is 0.174. The molecule has 1 amide bonds. The first-order chi connectivity index (χ1) is 10.7. The number of amides is 1. The molecule has 23 heavy (non-hydrogen) atoms. The maximum atomic E-state index is 12.8. The molecule has 0 aliphatic rings. The van der Waals surface area contributed by atoms with E-state index in [1.165, 1.54) is 30.6 Å². The summed E-state index contributed by atoms with van der Waals surface area (Å²) in [6, 6.07) is 6.58. The summed E-state index contributed by atoms with van der Waals surface area (Å²) in [4.78, 5) is 11.3. The number of nitrogens with one attached hydrogen (secondary N) is 1. The summed E-state index contributed by atoms with van der Waals surface area (Å²) in [6.07, 6.45) is 1.54. The molecule has 0 bridgehead atoms. The first-order valence-electron chi connectivity index (χ1n) is 7.09. The predicted octanol–water partition coefficient (Wildman–Crippen LogP) is 2.68. The number of furan rings is 1. The highest BCUT2D eigenvalue weighted by Gasteiger charge is 2.24. The average molecular weight is 336 g/mol. The fourth-order valence-corrected chi connectivity index (χ4v) is 3.62. The number of benzene rings is 1. The van der Waals surface area contributed by atoms with Gasteiger partial charge in [0.2, 0.25) is 15.9 Å². The molecule has 0 aliphatic carbocycles. The number of sulfonamides is 1. The van der Waals surface area contributed by atoms with Crippen LogP contribution < -0.4 is 5.32 Å². The molecule has 1 heterocycles. The molecule has 2 aromatic rings. The van der Waals surface area contributed by atoms with Gasteiger partial charge in [-0.25, -0.2) is 8.42 Å². The Morgan fingerprint density at radius 1 is 1.26 bits per heavy atom. The van der Waals surface area contributed by atoms with Crippen molar-refractivity contribution in [3.05, 3.63) is 47.4 Å². The Kier molecular flexibility index (Phi) is 4.91. The van der Waals surface area contributed by atoms with Crippen LogP contribution in [0.2, 0.25) is 0 Å². The lowest BCUT2D eigenvalue weighted by atomic mass is 10.2. The van der Waals surface area contributed by atoms with Gasteiger partial charge >= 0.3 is 0 Å². The third-order valence-corrected chi connectivity index (χ3v) is 5.50. The second-order valence-electron chi connectivity index (χ2n) is 5.42. The highest BCUT2D eigenvalue weighted by Crippen LogP contribution is 2.24. The van der Waals surface area contributed by atoms with Gasteiger partial charge in [0.1, 0.15) is 5.76 Å². The van der Waals surface area contributed by atoms with Crippen molar-refractivity contribution in [2.45, 2.75) is 32.2 Å². The Balaban J connectivity index is 2.34. The van der Waals surface area contributed by atoms with E-state index in [4.69, 9.17) is 4.42 Å². The molecule has 0 saturated carbocycles. The normalized spacial score (nSPS) is 11.7. The van der Waals surface area contributed by atoms with Gasteiger partial charge < -0.3 is 9.73 Å². The Morgan fingerprint density at radius 3 is 2.52 bits per heavy atom. The number of carbonyl (C=O) groups excluding carboxylic acids is 1. The summed E-state index contributed by atoms with van der Waals surface area (Å²) >= 11 is 0. The van der Waals surface area contributed by atoms with Crippen molar-refractivity contribution < 1.29 is 17.6 Å². The molecule has 0 aliphatic heterocycles. The molecule has 124 valence electrons. The van der Waals surface area contributed by atoms with Gasteiger partial charge in [0, 0.05) is 31.8 Å². The molecule has 6 nitrogen and oxygen atoms in total. The minimum Gasteiger partial charge on any atom is -0.469 e. The van der Waals surface area contributed by atoms with E-state index < -0.39 is 10.0 Å². The number of rotatable bonds is 5. The van der Waals surface area contributed by atoms with Crippen LogP contribution in [-0.2, 0) is 21.4 Å². The number of anilines is 1. The van der Waals surface area contributed by atoms with E-state index in [0.29, 0.717) is 17.0 Å². The lowest BCUT2D eigenvalue weighted by Gasteiger charge is -2.19. The highest BCUT2D eigenvalue weighted by molar-refractivity contribution is 7.89. The largest absolute Gasteiger partial charge is 0.469 e. The van der Waals surface area contributed by atoms with Gasteiger partial charge in [-0.1, -0.05) is 6.07 Å². The van der Waals surface area contributed by atoms with Gasteiger partial charge in [-0.2, -0.15) is 4.31 Å². The minimum atomic E-state index is -3.68. The SMILES string of the molecule is CC(=O)Nc1ccc(C)c(S(=O)(=O)N(C)Cc2ccoc2C)c1. The standard InChI is InChI=1S/C16H20N2O4S/c1-11-5-6-15(17-13(3)19)9-16(11)23(20,21)18(4)10-14-7-8-22-12(14)2/h5-9H,10H2,1-4H3,(H,17,19). The van der Waals surface area contributed by atoms with Crippen molar-refractivity contribution in [1.82, 2.24) is 4.31 Å². The van der Waals surface area contributed by atoms with Crippen LogP contribution >= 0.6 is 0 Å². The zero-order chi connectivity index (χ0) is 17.2. The van der Waals surface area contributed by atoms with Crippen LogP contribution in [0.1, 0.15) is 23.8 Å². The number of nitrogens with zero attached hydrogens (tertiary/aromatic N) is 1. The fourth-order valence-electron chi connectivity index (χ4n) is 2.23. The molecule has 2 rings (SSSR count). The van der Waals surface area contributed by atoms with Crippen LogP contribution in [0.4, 0.5) is 5.69 Å². The van der Waals surface area contributed by atoms with E-state index in [9.17, 15) is 13.2 Å². The quantitative estimate of drug-likeness (QED) is 0.910. The zero-order valence-corrected chi connectivity index (χ0v) is 14.4. The van der Waals surface area contributed by atoms with Gasteiger partial charge in [0.15, 0.2) is 0 Å². The maximum absolute atomic E-state index is 12.8. The Hall–Kier alpha value is -2.12. The highest BCUT2D eigenvalue weighted by atomic mass is 32.2. The number of hydrogen-bond donors (Lipinski definition) is 1. The van der Waals surface area contributed by atoms with Crippen LogP contribution in [0.25, 0.3) is 0 Å². The molecule has 7 heteroatoms. The molecule has 1 aromatic carbocycles. The van der Waals surface area contributed by atoms with E-state index >= 15 is 0 Å². The monoisotopic (exact) mass is 336 g/mol. The number of aryl methyl sites for hydroxylation is 2. The van der Waals surface area contributed by atoms with E-state index in [0.717, 1.165) is 5.56 Å². The number of hydrogen-bond acceptors (Lipinski definition) is 4. The first kappa shape index (κ1) is 17.2. The zero-order valence-electron chi connectivity index (χ0n) is 13.6. The molecule has 0 unspecified atom stereocenters. The van der Waals surface area contributed by atoms with E-state index in [2.05, 4.69) is 5.32 Å². The molecule has 0 atom stereocenters. The molecule has 1 aromatic heterocycles. The summed E-state index contributed by atoms with van der Waals surface area (Å²) < 4.78 is 32.1. The maximum Gasteiger partial charge on any atom is 0.243 e. The summed E-state index contributed by atoms with van der Waals surface area (Å²) in [6.45, 7) is 5.11. The predicted molar refractivity (Wildman–Crippen MR) is 87.6 cm³/mol. The van der Waals surface area contributed by atoms with Crippen LogP contribution in [0, 0.1) is 13.8 Å². The third-order valence-electron chi connectivity index (χ3n) is 3.56. The molecular formula is C16H20N2O4S. The van der Waals surface area contributed by atoms with Crippen molar-refractivity contribution in [3.63, 3.8) is 0 Å². The van der Waals surface area contributed by atoms with Gasteiger partial charge in [0.25, 0.3) is 0 Å².